The van der Waals surface area contributed by atoms with Gasteiger partial charge < -0.3 is 20.5 Å². The Morgan fingerprint density at radius 3 is 2.65 bits per heavy atom. The number of aromatic nitrogens is 1. The number of nitrogens with zero attached hydrogens (tertiary/aromatic N) is 1. The van der Waals surface area contributed by atoms with E-state index in [2.05, 4.69) is 35.5 Å². The van der Waals surface area contributed by atoms with Crippen LogP contribution in [-0.4, -0.2) is 58.2 Å². The number of thioether (sulfide) groups is 1. The van der Waals surface area contributed by atoms with Gasteiger partial charge in [-0.1, -0.05) is 50.2 Å². The number of hydrogen-bond acceptors (Lipinski definition) is 4. The van der Waals surface area contributed by atoms with Crippen molar-refractivity contribution in [3.05, 3.63) is 70.9 Å². The molecule has 0 saturated heterocycles. The number of fused-ring (bicyclic) bond motifs is 7. The number of carbonyl (C=O) groups excluding carboxylic acids is 3. The minimum absolute atomic E-state index is 0.146. The third-order valence-electron chi connectivity index (χ3n) is 7.42. The number of aromatic amines is 1. The lowest BCUT2D eigenvalue weighted by Crippen LogP contribution is -2.56. The molecule has 1 aromatic heterocycles. The van der Waals surface area contributed by atoms with Crippen LogP contribution < -0.4 is 10.6 Å². The number of benzene rings is 2. The lowest BCUT2D eigenvalue weighted by atomic mass is 9.89. The SMILES string of the molecule is CSCC[C@H](NC(=O)[C@H]1Cc2c([nH]c3ccccc23)[C@H]2c3ccccc3C(=O)N21)C(=O)NCCC(C)C. The minimum atomic E-state index is -0.711. The lowest BCUT2D eigenvalue weighted by Gasteiger charge is -2.37. The van der Waals surface area contributed by atoms with Crippen LogP contribution >= 0.6 is 11.8 Å². The molecule has 194 valence electrons. The van der Waals surface area contributed by atoms with Crippen molar-refractivity contribution in [2.45, 2.75) is 51.2 Å². The van der Waals surface area contributed by atoms with Crippen LogP contribution in [0.15, 0.2) is 48.5 Å². The molecule has 2 aliphatic rings. The molecule has 37 heavy (non-hydrogen) atoms. The van der Waals surface area contributed by atoms with Gasteiger partial charge >= 0.3 is 0 Å². The fraction of sp³-hybridized carbons (Fsp3) is 0.414. The molecule has 0 unspecified atom stereocenters. The highest BCUT2D eigenvalue weighted by atomic mass is 32.2. The highest BCUT2D eigenvalue weighted by molar-refractivity contribution is 7.98. The summed E-state index contributed by atoms with van der Waals surface area (Å²) in [5, 5.41) is 7.08. The van der Waals surface area contributed by atoms with Crippen molar-refractivity contribution < 1.29 is 14.4 Å². The van der Waals surface area contributed by atoms with E-state index < -0.39 is 12.1 Å². The van der Waals surface area contributed by atoms with Gasteiger partial charge in [-0.2, -0.15) is 11.8 Å². The molecular formula is C29H34N4O3S. The molecule has 3 heterocycles. The van der Waals surface area contributed by atoms with Gasteiger partial charge in [0.25, 0.3) is 5.91 Å². The second-order valence-electron chi connectivity index (χ2n) is 10.3. The Morgan fingerprint density at radius 2 is 1.86 bits per heavy atom. The number of nitrogens with one attached hydrogen (secondary N) is 3. The Labute approximate surface area is 221 Å². The van der Waals surface area contributed by atoms with E-state index in [0.29, 0.717) is 30.9 Å². The third kappa shape index (κ3) is 4.75. The highest BCUT2D eigenvalue weighted by Gasteiger charge is 2.49. The van der Waals surface area contributed by atoms with Crippen molar-refractivity contribution in [2.24, 2.45) is 5.92 Å². The molecule has 0 aliphatic carbocycles. The van der Waals surface area contributed by atoms with Crippen LogP contribution in [0.1, 0.15) is 59.9 Å². The summed E-state index contributed by atoms with van der Waals surface area (Å²) in [6, 6.07) is 13.9. The van der Waals surface area contributed by atoms with E-state index in [1.807, 2.05) is 48.7 Å². The Bertz CT molecular complexity index is 1330. The van der Waals surface area contributed by atoms with Crippen LogP contribution in [0.5, 0.6) is 0 Å². The molecule has 8 heteroatoms. The molecule has 0 fully saturated rings. The molecule has 2 aliphatic heterocycles. The average Bonchev–Trinajstić information content (AvgIpc) is 3.41. The van der Waals surface area contributed by atoms with Gasteiger partial charge in [0.1, 0.15) is 12.1 Å². The first-order chi connectivity index (χ1) is 17.9. The van der Waals surface area contributed by atoms with Crippen molar-refractivity contribution in [1.29, 1.82) is 0 Å². The van der Waals surface area contributed by atoms with Crippen LogP contribution in [0.25, 0.3) is 10.9 Å². The zero-order valence-electron chi connectivity index (χ0n) is 21.5. The van der Waals surface area contributed by atoms with E-state index in [4.69, 9.17) is 0 Å². The standard InChI is InChI=1S/C29H34N4O3S/c1-17(2)12-14-30-27(34)23(13-15-37-3)32-28(35)24-16-21-18-8-6-7-11-22(18)31-25(21)26-19-9-4-5-10-20(19)29(36)33(24)26/h4-11,17,23-24,26,31H,12-16H2,1-3H3,(H,30,34)(H,32,35)/t23-,24+,26+/m0/s1. The van der Waals surface area contributed by atoms with E-state index >= 15 is 0 Å². The zero-order chi connectivity index (χ0) is 26.1. The molecule has 0 bridgehead atoms. The first-order valence-corrected chi connectivity index (χ1v) is 14.4. The van der Waals surface area contributed by atoms with Gasteiger partial charge in [0, 0.05) is 35.1 Å². The summed E-state index contributed by atoms with van der Waals surface area (Å²) in [5.74, 6) is 0.627. The van der Waals surface area contributed by atoms with E-state index in [9.17, 15) is 14.4 Å². The van der Waals surface area contributed by atoms with E-state index in [0.717, 1.165) is 39.9 Å². The lowest BCUT2D eigenvalue weighted by molar-refractivity contribution is -0.132. The number of hydrogen-bond donors (Lipinski definition) is 3. The Morgan fingerprint density at radius 1 is 1.11 bits per heavy atom. The molecule has 3 amide bonds. The zero-order valence-corrected chi connectivity index (χ0v) is 22.4. The Balaban J connectivity index is 1.47. The van der Waals surface area contributed by atoms with Crippen molar-refractivity contribution in [1.82, 2.24) is 20.5 Å². The number of para-hydroxylation sites is 1. The molecule has 7 nitrogen and oxygen atoms in total. The normalized spacial score (nSPS) is 18.9. The number of amides is 3. The van der Waals surface area contributed by atoms with Gasteiger partial charge in [-0.05, 0) is 54.0 Å². The predicted molar refractivity (Wildman–Crippen MR) is 148 cm³/mol. The Kier molecular flexibility index (Phi) is 7.29. The second kappa shape index (κ2) is 10.6. The second-order valence-corrected chi connectivity index (χ2v) is 11.3. The summed E-state index contributed by atoms with van der Waals surface area (Å²) in [5.41, 5.74) is 4.55. The molecule has 3 aromatic rings. The van der Waals surface area contributed by atoms with Crippen molar-refractivity contribution in [3.8, 4) is 0 Å². The van der Waals surface area contributed by atoms with Gasteiger partial charge in [0.2, 0.25) is 11.8 Å². The fourth-order valence-corrected chi connectivity index (χ4v) is 5.99. The maximum Gasteiger partial charge on any atom is 0.255 e. The van der Waals surface area contributed by atoms with Crippen LogP contribution in [0, 0.1) is 5.92 Å². The van der Waals surface area contributed by atoms with E-state index in [1.165, 1.54) is 0 Å². The van der Waals surface area contributed by atoms with Gasteiger partial charge in [-0.25, -0.2) is 0 Å². The largest absolute Gasteiger partial charge is 0.356 e. The quantitative estimate of drug-likeness (QED) is 0.399. The van der Waals surface area contributed by atoms with Gasteiger partial charge in [-0.3, -0.25) is 14.4 Å². The molecule has 0 saturated carbocycles. The first kappa shape index (κ1) is 25.4. The molecule has 3 N–H and O–H groups in total. The summed E-state index contributed by atoms with van der Waals surface area (Å²) in [6.07, 6.45) is 3.79. The molecule has 5 rings (SSSR count). The maximum atomic E-state index is 13.9. The van der Waals surface area contributed by atoms with Crippen molar-refractivity contribution in [2.75, 3.05) is 18.6 Å². The van der Waals surface area contributed by atoms with Gasteiger partial charge in [0.15, 0.2) is 0 Å². The Hall–Kier alpha value is -3.26. The van der Waals surface area contributed by atoms with Gasteiger partial charge in [0.05, 0.1) is 6.04 Å². The summed E-state index contributed by atoms with van der Waals surface area (Å²) in [6.45, 7) is 4.80. The third-order valence-corrected chi connectivity index (χ3v) is 8.06. The topological polar surface area (TPSA) is 94.3 Å². The van der Waals surface area contributed by atoms with Crippen molar-refractivity contribution in [3.63, 3.8) is 0 Å². The number of rotatable bonds is 9. The number of carbonyl (C=O) groups is 3. The molecule has 2 aromatic carbocycles. The number of H-pyrrole nitrogens is 1. The molecule has 3 atom stereocenters. The summed E-state index contributed by atoms with van der Waals surface area (Å²) in [7, 11) is 0. The molecule has 0 spiro atoms. The maximum absolute atomic E-state index is 13.9. The van der Waals surface area contributed by atoms with Gasteiger partial charge in [-0.15, -0.1) is 0 Å². The average molecular weight is 519 g/mol. The smallest absolute Gasteiger partial charge is 0.255 e. The van der Waals surface area contributed by atoms with Crippen molar-refractivity contribution >= 4 is 40.4 Å². The molecular weight excluding hydrogens is 484 g/mol. The van der Waals surface area contributed by atoms with Crippen LogP contribution in [0.3, 0.4) is 0 Å². The van der Waals surface area contributed by atoms with Crippen LogP contribution in [0.4, 0.5) is 0 Å². The summed E-state index contributed by atoms with van der Waals surface area (Å²) < 4.78 is 0. The summed E-state index contributed by atoms with van der Waals surface area (Å²) >= 11 is 1.64. The van der Waals surface area contributed by atoms with Crippen LogP contribution in [0.2, 0.25) is 0 Å². The minimum Gasteiger partial charge on any atom is -0.356 e. The highest BCUT2D eigenvalue weighted by Crippen LogP contribution is 2.46. The van der Waals surface area contributed by atoms with Crippen LogP contribution in [-0.2, 0) is 16.0 Å². The molecule has 0 radical (unpaired) electrons. The predicted octanol–water partition coefficient (Wildman–Crippen LogP) is 4.04. The first-order valence-electron chi connectivity index (χ1n) is 13.0. The monoisotopic (exact) mass is 518 g/mol. The fourth-order valence-electron chi connectivity index (χ4n) is 5.52. The van der Waals surface area contributed by atoms with E-state index in [1.54, 1.807) is 16.7 Å². The summed E-state index contributed by atoms with van der Waals surface area (Å²) in [4.78, 5) is 45.8. The van der Waals surface area contributed by atoms with E-state index in [-0.39, 0.29) is 23.8 Å².